The molecule has 0 aliphatic heterocycles. The monoisotopic (exact) mass is 629 g/mol. The van der Waals surface area contributed by atoms with Crippen LogP contribution >= 0.6 is 0 Å². The summed E-state index contributed by atoms with van der Waals surface area (Å²) in [5, 5.41) is 3.00. The van der Waals surface area contributed by atoms with E-state index in [4.69, 9.17) is 9.47 Å². The van der Waals surface area contributed by atoms with Gasteiger partial charge in [0.15, 0.2) is 11.5 Å². The summed E-state index contributed by atoms with van der Waals surface area (Å²) in [5.74, 6) is -1.90. The van der Waals surface area contributed by atoms with Crippen molar-refractivity contribution in [3.05, 3.63) is 83.9 Å². The summed E-state index contributed by atoms with van der Waals surface area (Å²) in [6.45, 7) is 0.498. The quantitative estimate of drug-likeness (QED) is 0.301. The standard InChI is InChI=1S/C32H37F2N3O6S/c1-22(32(39)35-25-10-5-4-6-11-25)36(20-23-9-7-8-12-28(23)34)31(38)21-37(26-15-13-24(33)14-16-26)44(40,41)27-17-18-29(42-2)30(19-27)43-3/h7-9,12-19,22,25H,4-6,10-11,20-21H2,1-3H3,(H,35,39)/t22-/m1/s1. The first-order valence-electron chi connectivity index (χ1n) is 14.4. The molecule has 3 aromatic carbocycles. The Balaban J connectivity index is 1.71. The van der Waals surface area contributed by atoms with Gasteiger partial charge in [0.25, 0.3) is 10.0 Å². The number of hydrogen-bond donors (Lipinski definition) is 1. The number of ether oxygens (including phenoxy) is 2. The van der Waals surface area contributed by atoms with E-state index >= 15 is 0 Å². The number of carbonyl (C=O) groups is 2. The molecule has 4 rings (SSSR count). The zero-order chi connectivity index (χ0) is 31.9. The van der Waals surface area contributed by atoms with E-state index < -0.39 is 46.1 Å². The van der Waals surface area contributed by atoms with E-state index in [0.717, 1.165) is 53.4 Å². The normalized spacial score (nSPS) is 14.4. The van der Waals surface area contributed by atoms with Crippen molar-refractivity contribution >= 4 is 27.5 Å². The molecule has 1 fully saturated rings. The minimum absolute atomic E-state index is 0.0136. The Hall–Kier alpha value is -4.19. The number of nitrogens with zero attached hydrogens (tertiary/aromatic N) is 2. The Bertz CT molecular complexity index is 1560. The number of rotatable bonds is 12. The highest BCUT2D eigenvalue weighted by atomic mass is 32.2. The average Bonchev–Trinajstić information content (AvgIpc) is 3.03. The van der Waals surface area contributed by atoms with Gasteiger partial charge in [-0.2, -0.15) is 0 Å². The third kappa shape index (κ3) is 7.65. The molecule has 0 heterocycles. The van der Waals surface area contributed by atoms with E-state index in [1.807, 2.05) is 0 Å². The fourth-order valence-corrected chi connectivity index (χ4v) is 6.63. The van der Waals surface area contributed by atoms with Gasteiger partial charge in [-0.25, -0.2) is 17.2 Å². The minimum atomic E-state index is -4.45. The van der Waals surface area contributed by atoms with Crippen LogP contribution in [-0.2, 0) is 26.2 Å². The first-order chi connectivity index (χ1) is 21.0. The third-order valence-electron chi connectivity index (χ3n) is 7.75. The molecule has 1 aliphatic carbocycles. The summed E-state index contributed by atoms with van der Waals surface area (Å²) < 4.78 is 68.0. The molecule has 2 amide bonds. The molecule has 0 unspecified atom stereocenters. The summed E-state index contributed by atoms with van der Waals surface area (Å²) in [6, 6.07) is 13.4. The first-order valence-corrected chi connectivity index (χ1v) is 15.8. The summed E-state index contributed by atoms with van der Waals surface area (Å²) in [4.78, 5) is 28.4. The van der Waals surface area contributed by atoms with Crippen LogP contribution in [0.4, 0.5) is 14.5 Å². The van der Waals surface area contributed by atoms with E-state index in [0.29, 0.717) is 5.75 Å². The molecule has 1 saturated carbocycles. The van der Waals surface area contributed by atoms with Gasteiger partial charge in [0, 0.05) is 24.2 Å². The lowest BCUT2D eigenvalue weighted by molar-refractivity contribution is -0.139. The van der Waals surface area contributed by atoms with Gasteiger partial charge in [0.1, 0.15) is 24.2 Å². The summed E-state index contributed by atoms with van der Waals surface area (Å²) >= 11 is 0. The van der Waals surface area contributed by atoms with Crippen LogP contribution in [-0.4, -0.2) is 58.0 Å². The van der Waals surface area contributed by atoms with Crippen LogP contribution in [0.5, 0.6) is 11.5 Å². The second-order valence-corrected chi connectivity index (χ2v) is 12.5. The molecule has 9 nitrogen and oxygen atoms in total. The van der Waals surface area contributed by atoms with Crippen molar-refractivity contribution in [2.75, 3.05) is 25.1 Å². The van der Waals surface area contributed by atoms with Crippen LogP contribution in [0.15, 0.2) is 71.6 Å². The number of amides is 2. The molecule has 1 aliphatic rings. The van der Waals surface area contributed by atoms with Crippen molar-refractivity contribution in [1.82, 2.24) is 10.2 Å². The van der Waals surface area contributed by atoms with Crippen LogP contribution in [0.1, 0.15) is 44.6 Å². The SMILES string of the molecule is COc1ccc(S(=O)(=O)N(CC(=O)N(Cc2ccccc2F)[C@H](C)C(=O)NC2CCCCC2)c2ccc(F)cc2)cc1OC. The van der Waals surface area contributed by atoms with Gasteiger partial charge < -0.3 is 19.7 Å². The fraction of sp³-hybridized carbons (Fsp3) is 0.375. The number of hydrogen-bond acceptors (Lipinski definition) is 6. The smallest absolute Gasteiger partial charge is 0.264 e. The van der Waals surface area contributed by atoms with E-state index in [1.165, 1.54) is 69.7 Å². The van der Waals surface area contributed by atoms with Crippen molar-refractivity contribution < 1.29 is 36.3 Å². The fourth-order valence-electron chi connectivity index (χ4n) is 5.20. The zero-order valence-electron chi connectivity index (χ0n) is 25.0. The van der Waals surface area contributed by atoms with Crippen LogP contribution in [0.25, 0.3) is 0 Å². The second kappa shape index (κ2) is 14.5. The van der Waals surface area contributed by atoms with Gasteiger partial charge in [0.2, 0.25) is 11.8 Å². The largest absolute Gasteiger partial charge is 0.493 e. The molecule has 0 spiro atoms. The predicted molar refractivity (Wildman–Crippen MR) is 162 cm³/mol. The molecule has 1 N–H and O–H groups in total. The summed E-state index contributed by atoms with van der Waals surface area (Å²) in [6.07, 6.45) is 4.70. The van der Waals surface area contributed by atoms with Crippen LogP contribution in [0.2, 0.25) is 0 Å². The van der Waals surface area contributed by atoms with Gasteiger partial charge in [-0.05, 0) is 62.2 Å². The van der Waals surface area contributed by atoms with Crippen molar-refractivity contribution in [2.45, 2.75) is 62.6 Å². The van der Waals surface area contributed by atoms with E-state index in [2.05, 4.69) is 5.32 Å². The number of anilines is 1. The van der Waals surface area contributed by atoms with Crippen LogP contribution in [0.3, 0.4) is 0 Å². The highest BCUT2D eigenvalue weighted by molar-refractivity contribution is 7.92. The molecular formula is C32H37F2N3O6S. The van der Waals surface area contributed by atoms with E-state index in [9.17, 15) is 26.8 Å². The van der Waals surface area contributed by atoms with E-state index in [1.54, 1.807) is 6.07 Å². The van der Waals surface area contributed by atoms with Crippen molar-refractivity contribution in [1.29, 1.82) is 0 Å². The first kappa shape index (κ1) is 32.7. The number of nitrogens with one attached hydrogen (secondary N) is 1. The van der Waals surface area contributed by atoms with Crippen molar-refractivity contribution in [2.24, 2.45) is 0 Å². The Morgan fingerprint density at radius 1 is 0.932 bits per heavy atom. The topological polar surface area (TPSA) is 105 Å². The molecule has 236 valence electrons. The second-order valence-electron chi connectivity index (χ2n) is 10.6. The molecule has 44 heavy (non-hydrogen) atoms. The zero-order valence-corrected chi connectivity index (χ0v) is 25.8. The van der Waals surface area contributed by atoms with E-state index in [-0.39, 0.29) is 34.5 Å². The Labute approximate surface area is 256 Å². The Kier molecular flexibility index (Phi) is 10.8. The molecule has 0 bridgehead atoms. The van der Waals surface area contributed by atoms with Crippen molar-refractivity contribution in [3.8, 4) is 11.5 Å². The van der Waals surface area contributed by atoms with Gasteiger partial charge >= 0.3 is 0 Å². The predicted octanol–water partition coefficient (Wildman–Crippen LogP) is 5.04. The van der Waals surface area contributed by atoms with Crippen LogP contribution < -0.4 is 19.1 Å². The van der Waals surface area contributed by atoms with Gasteiger partial charge in [-0.3, -0.25) is 13.9 Å². The number of halogens is 2. The molecule has 3 aromatic rings. The Morgan fingerprint density at radius 2 is 1.59 bits per heavy atom. The number of benzene rings is 3. The highest BCUT2D eigenvalue weighted by Crippen LogP contribution is 2.32. The molecular weight excluding hydrogens is 592 g/mol. The minimum Gasteiger partial charge on any atom is -0.493 e. The summed E-state index contributed by atoms with van der Waals surface area (Å²) in [7, 11) is -1.68. The maximum absolute atomic E-state index is 14.8. The van der Waals surface area contributed by atoms with Gasteiger partial charge in [-0.1, -0.05) is 37.5 Å². The number of methoxy groups -OCH3 is 2. The Morgan fingerprint density at radius 3 is 2.23 bits per heavy atom. The average molecular weight is 630 g/mol. The lowest BCUT2D eigenvalue weighted by atomic mass is 9.95. The summed E-state index contributed by atoms with van der Waals surface area (Å²) in [5.41, 5.74) is 0.175. The van der Waals surface area contributed by atoms with Gasteiger partial charge in [0.05, 0.1) is 24.8 Å². The lowest BCUT2D eigenvalue weighted by Crippen LogP contribution is -2.53. The molecule has 1 atom stereocenters. The molecule has 12 heteroatoms. The molecule has 0 radical (unpaired) electrons. The third-order valence-corrected chi connectivity index (χ3v) is 9.52. The maximum atomic E-state index is 14.8. The number of sulfonamides is 1. The maximum Gasteiger partial charge on any atom is 0.264 e. The van der Waals surface area contributed by atoms with Crippen LogP contribution in [0, 0.1) is 11.6 Å². The molecule has 0 saturated heterocycles. The van der Waals surface area contributed by atoms with Gasteiger partial charge in [-0.15, -0.1) is 0 Å². The lowest BCUT2D eigenvalue weighted by Gasteiger charge is -2.33. The van der Waals surface area contributed by atoms with Crippen molar-refractivity contribution in [3.63, 3.8) is 0 Å². The highest BCUT2D eigenvalue weighted by Gasteiger charge is 2.34. The molecule has 0 aromatic heterocycles. The number of carbonyl (C=O) groups excluding carboxylic acids is 2.